The topological polar surface area (TPSA) is 56.2 Å². The van der Waals surface area contributed by atoms with Gasteiger partial charge in [-0.1, -0.05) is 66.7 Å². The van der Waals surface area contributed by atoms with Gasteiger partial charge < -0.3 is 19.8 Å². The van der Waals surface area contributed by atoms with Crippen LogP contribution in [0.1, 0.15) is 41.5 Å². The van der Waals surface area contributed by atoms with Crippen molar-refractivity contribution < 1.29 is 14.9 Å². The lowest BCUT2D eigenvalue weighted by molar-refractivity contribution is -0.197. The fraction of sp³-hybridized carbons (Fsp3) is 0.419. The molecule has 0 aromatic heterocycles. The van der Waals surface area contributed by atoms with Gasteiger partial charge in [-0.05, 0) is 62.0 Å². The third kappa shape index (κ3) is 3.00. The van der Waals surface area contributed by atoms with E-state index in [-0.39, 0.29) is 23.9 Å². The van der Waals surface area contributed by atoms with Crippen LogP contribution in [0.5, 0.6) is 11.5 Å². The molecule has 3 aromatic rings. The van der Waals surface area contributed by atoms with Crippen molar-refractivity contribution in [2.24, 2.45) is 0 Å². The number of phenols is 1. The molecule has 5 nitrogen and oxygen atoms in total. The lowest BCUT2D eigenvalue weighted by Gasteiger charge is -2.64. The van der Waals surface area contributed by atoms with Gasteiger partial charge in [0.25, 0.3) is 0 Å². The number of hydrogen-bond donors (Lipinski definition) is 2. The quantitative estimate of drug-likeness (QED) is 0.570. The standard InChI is InChI=1S/C31H34N2O3/c1-32-17-16-30-27-23-12-13-25(34)28(27)36-29(30)24(14-15-31(30,35)26(32)18-23)33(19-21-8-4-2-5-9-21)20-22-10-6-3-7-11-22/h2-13,24,26,29,34-35H,14-20H2,1H3/t24-,26-,29?,30+,31-/m1/s1. The van der Waals surface area contributed by atoms with Crippen molar-refractivity contribution in [1.29, 1.82) is 0 Å². The van der Waals surface area contributed by atoms with E-state index in [1.807, 2.05) is 0 Å². The third-order valence-electron chi connectivity index (χ3n) is 9.62. The number of likely N-dealkylation sites (N-methyl/N-ethyl adjacent to an activating group) is 1. The molecule has 1 saturated heterocycles. The summed E-state index contributed by atoms with van der Waals surface area (Å²) < 4.78 is 6.81. The summed E-state index contributed by atoms with van der Waals surface area (Å²) in [5.41, 5.74) is 3.50. The zero-order chi connectivity index (χ0) is 24.5. The van der Waals surface area contributed by atoms with E-state index < -0.39 is 11.0 Å². The molecule has 7 rings (SSSR count). The number of benzene rings is 3. The normalized spacial score (nSPS) is 32.2. The second-order valence-electron chi connectivity index (χ2n) is 11.3. The summed E-state index contributed by atoms with van der Waals surface area (Å²) in [5, 5.41) is 23.4. The van der Waals surface area contributed by atoms with Crippen molar-refractivity contribution >= 4 is 0 Å². The number of rotatable bonds is 5. The summed E-state index contributed by atoms with van der Waals surface area (Å²) in [5.74, 6) is 0.818. The molecule has 2 fully saturated rings. The molecule has 5 atom stereocenters. The van der Waals surface area contributed by atoms with Gasteiger partial charge >= 0.3 is 0 Å². The first kappa shape index (κ1) is 22.3. The maximum atomic E-state index is 12.5. The fourth-order valence-corrected chi connectivity index (χ4v) is 8.03. The van der Waals surface area contributed by atoms with Crippen LogP contribution < -0.4 is 4.74 Å². The van der Waals surface area contributed by atoms with Crippen LogP contribution in [0.2, 0.25) is 0 Å². The van der Waals surface area contributed by atoms with Gasteiger partial charge in [-0.15, -0.1) is 0 Å². The summed E-state index contributed by atoms with van der Waals surface area (Å²) in [6.07, 6.45) is 3.03. The van der Waals surface area contributed by atoms with E-state index in [4.69, 9.17) is 4.74 Å². The average Bonchev–Trinajstić information content (AvgIpc) is 3.25. The first-order valence-electron chi connectivity index (χ1n) is 13.3. The molecule has 1 spiro atoms. The smallest absolute Gasteiger partial charge is 0.165 e. The number of piperidine rings is 1. The Kier molecular flexibility index (Phi) is 5.01. The van der Waals surface area contributed by atoms with Crippen molar-refractivity contribution in [2.75, 3.05) is 13.6 Å². The first-order chi connectivity index (χ1) is 17.5. The van der Waals surface area contributed by atoms with Gasteiger partial charge in [0.05, 0.1) is 11.0 Å². The molecule has 1 unspecified atom stereocenters. The molecule has 4 aliphatic rings. The maximum Gasteiger partial charge on any atom is 0.165 e. The van der Waals surface area contributed by atoms with E-state index in [1.54, 1.807) is 6.07 Å². The predicted octanol–water partition coefficient (Wildman–Crippen LogP) is 4.25. The van der Waals surface area contributed by atoms with E-state index in [9.17, 15) is 10.2 Å². The number of likely N-dealkylation sites (tertiary alicyclic amines) is 1. The Morgan fingerprint density at radius 3 is 2.28 bits per heavy atom. The highest BCUT2D eigenvalue weighted by molar-refractivity contribution is 5.62. The summed E-state index contributed by atoms with van der Waals surface area (Å²) >= 11 is 0. The zero-order valence-corrected chi connectivity index (χ0v) is 20.8. The van der Waals surface area contributed by atoms with Gasteiger partial charge in [-0.3, -0.25) is 4.90 Å². The van der Waals surface area contributed by atoms with Crippen molar-refractivity contribution in [3.63, 3.8) is 0 Å². The van der Waals surface area contributed by atoms with E-state index >= 15 is 0 Å². The highest BCUT2D eigenvalue weighted by Gasteiger charge is 2.73. The molecular weight excluding hydrogens is 448 g/mol. The molecule has 3 aromatic carbocycles. The summed E-state index contributed by atoms with van der Waals surface area (Å²) in [4.78, 5) is 4.90. The minimum atomic E-state index is -0.863. The SMILES string of the molecule is CN1CC[C@]23c4c5ccc(O)c4OC2[C@H](N(Cc2ccccc2)Cc2ccccc2)CC[C@@]3(O)[C@H]1C5. The van der Waals surface area contributed by atoms with Crippen LogP contribution in [0, 0.1) is 0 Å². The maximum absolute atomic E-state index is 12.5. The Morgan fingerprint density at radius 2 is 1.61 bits per heavy atom. The number of aliphatic hydroxyl groups is 1. The van der Waals surface area contributed by atoms with Crippen molar-refractivity contribution in [3.05, 3.63) is 95.1 Å². The Hall–Kier alpha value is -2.86. The van der Waals surface area contributed by atoms with Gasteiger partial charge in [0.2, 0.25) is 0 Å². The summed E-state index contributed by atoms with van der Waals surface area (Å²) in [7, 11) is 2.15. The third-order valence-corrected chi connectivity index (χ3v) is 9.62. The van der Waals surface area contributed by atoms with Crippen LogP contribution in [-0.2, 0) is 24.9 Å². The second kappa shape index (κ2) is 8.07. The van der Waals surface area contributed by atoms with Crippen molar-refractivity contribution in [3.8, 4) is 11.5 Å². The molecule has 1 saturated carbocycles. The van der Waals surface area contributed by atoms with Gasteiger partial charge in [0.1, 0.15) is 6.10 Å². The van der Waals surface area contributed by atoms with Crippen LogP contribution in [0.25, 0.3) is 0 Å². The molecule has 2 N–H and O–H groups in total. The Labute approximate surface area is 212 Å². The molecule has 186 valence electrons. The average molecular weight is 483 g/mol. The minimum Gasteiger partial charge on any atom is -0.504 e. The predicted molar refractivity (Wildman–Crippen MR) is 139 cm³/mol. The molecule has 36 heavy (non-hydrogen) atoms. The lowest BCUT2D eigenvalue weighted by atomic mass is 9.48. The van der Waals surface area contributed by atoms with Crippen LogP contribution in [0.4, 0.5) is 0 Å². The first-order valence-corrected chi connectivity index (χ1v) is 13.3. The molecule has 0 radical (unpaired) electrons. The van der Waals surface area contributed by atoms with Crippen LogP contribution in [-0.4, -0.2) is 57.4 Å². The molecular formula is C31H34N2O3. The van der Waals surface area contributed by atoms with Gasteiger partial charge in [0, 0.05) is 30.7 Å². The number of hydrogen-bond acceptors (Lipinski definition) is 5. The number of nitrogens with zero attached hydrogens (tertiary/aromatic N) is 2. The number of ether oxygens (including phenoxy) is 1. The van der Waals surface area contributed by atoms with Crippen molar-refractivity contribution in [1.82, 2.24) is 9.80 Å². The Bertz CT molecular complexity index is 1240. The molecule has 2 aliphatic heterocycles. The van der Waals surface area contributed by atoms with Crippen LogP contribution >= 0.6 is 0 Å². The van der Waals surface area contributed by atoms with E-state index in [0.717, 1.165) is 50.9 Å². The Balaban J connectivity index is 1.35. The van der Waals surface area contributed by atoms with Crippen LogP contribution in [0.3, 0.4) is 0 Å². The summed E-state index contributed by atoms with van der Waals surface area (Å²) in [6.45, 7) is 2.55. The fourth-order valence-electron chi connectivity index (χ4n) is 8.03. The van der Waals surface area contributed by atoms with E-state index in [2.05, 4.69) is 83.6 Å². The number of phenolic OH excluding ortho intramolecular Hbond substituents is 1. The molecule has 5 heteroatoms. The summed E-state index contributed by atoms with van der Waals surface area (Å²) in [6, 6.07) is 25.3. The Morgan fingerprint density at radius 1 is 0.944 bits per heavy atom. The zero-order valence-electron chi connectivity index (χ0n) is 20.8. The number of aromatic hydroxyl groups is 1. The van der Waals surface area contributed by atoms with E-state index in [0.29, 0.717) is 5.75 Å². The molecule has 2 aliphatic carbocycles. The minimum absolute atomic E-state index is 0.0676. The molecule has 2 heterocycles. The van der Waals surface area contributed by atoms with Gasteiger partial charge in [-0.2, -0.15) is 0 Å². The largest absolute Gasteiger partial charge is 0.504 e. The van der Waals surface area contributed by atoms with Gasteiger partial charge in [-0.25, -0.2) is 0 Å². The van der Waals surface area contributed by atoms with Gasteiger partial charge in [0.15, 0.2) is 11.5 Å². The lowest BCUT2D eigenvalue weighted by Crippen LogP contribution is -2.77. The molecule has 0 amide bonds. The second-order valence-corrected chi connectivity index (χ2v) is 11.3. The van der Waals surface area contributed by atoms with Crippen LogP contribution in [0.15, 0.2) is 72.8 Å². The highest BCUT2D eigenvalue weighted by Crippen LogP contribution is 2.65. The van der Waals surface area contributed by atoms with Crippen molar-refractivity contribution in [2.45, 2.75) is 68.0 Å². The van der Waals surface area contributed by atoms with E-state index in [1.165, 1.54) is 16.7 Å². The highest BCUT2D eigenvalue weighted by atomic mass is 16.5. The molecule has 2 bridgehead atoms. The monoisotopic (exact) mass is 482 g/mol.